The summed E-state index contributed by atoms with van der Waals surface area (Å²) in [5, 5.41) is 20.8. The Kier molecular flexibility index (Phi) is 8.59. The average Bonchev–Trinajstić information content (AvgIpc) is 2.91. The van der Waals surface area contributed by atoms with Crippen molar-refractivity contribution in [3.8, 4) is 5.75 Å². The number of carboxylic acid groups (broad SMARTS) is 1. The van der Waals surface area contributed by atoms with Crippen molar-refractivity contribution in [1.82, 2.24) is 5.32 Å². The number of hydrogen-bond acceptors (Lipinski definition) is 6. The molecule has 1 heterocycles. The molecule has 2 amide bonds. The van der Waals surface area contributed by atoms with Gasteiger partial charge in [-0.25, -0.2) is 8.78 Å². The highest BCUT2D eigenvalue weighted by Gasteiger charge is 2.49. The van der Waals surface area contributed by atoms with Crippen LogP contribution in [0.15, 0.2) is 72.8 Å². The Morgan fingerprint density at radius 1 is 0.974 bits per heavy atom. The molecule has 198 valence electrons. The van der Waals surface area contributed by atoms with E-state index >= 15 is 0 Å². The zero-order valence-electron chi connectivity index (χ0n) is 19.9. The molecule has 0 aliphatic carbocycles. The Morgan fingerprint density at radius 2 is 1.58 bits per heavy atom. The van der Waals surface area contributed by atoms with Crippen molar-refractivity contribution in [1.29, 1.82) is 0 Å². The van der Waals surface area contributed by atoms with E-state index in [4.69, 9.17) is 9.84 Å². The molecular weight excluding hydrogens is 518 g/mol. The number of aliphatic hydroxyl groups excluding tert-OH is 1. The number of aliphatic carboxylic acids is 1. The summed E-state index contributed by atoms with van der Waals surface area (Å²) >= 11 is 1.27. The van der Waals surface area contributed by atoms with E-state index < -0.39 is 47.5 Å². The number of nitrogens with one attached hydrogen (secondary N) is 1. The molecule has 0 bridgehead atoms. The lowest BCUT2D eigenvalue weighted by molar-refractivity contribution is -0.138. The van der Waals surface area contributed by atoms with E-state index in [1.807, 2.05) is 0 Å². The van der Waals surface area contributed by atoms with Crippen LogP contribution >= 0.6 is 11.8 Å². The molecule has 1 unspecified atom stereocenters. The number of amides is 2. The van der Waals surface area contributed by atoms with E-state index in [0.717, 1.165) is 5.56 Å². The van der Waals surface area contributed by atoms with Crippen LogP contribution in [-0.2, 0) is 14.4 Å². The van der Waals surface area contributed by atoms with E-state index in [1.54, 1.807) is 29.2 Å². The highest BCUT2D eigenvalue weighted by atomic mass is 32.2. The molecule has 1 aliphatic rings. The number of β-lactam (4-membered cyclic amide) rings is 1. The Balaban J connectivity index is 1.47. The molecule has 3 N–H and O–H groups in total. The number of ether oxygens (including phenoxy) is 1. The molecular formula is C27H24F2N2O6S. The Morgan fingerprint density at radius 3 is 2.18 bits per heavy atom. The van der Waals surface area contributed by atoms with Gasteiger partial charge in [-0.05, 0) is 59.7 Å². The maximum atomic E-state index is 13.5. The van der Waals surface area contributed by atoms with Crippen LogP contribution in [0.5, 0.6) is 5.75 Å². The number of anilines is 1. The van der Waals surface area contributed by atoms with Gasteiger partial charge in [0.05, 0.1) is 12.1 Å². The van der Waals surface area contributed by atoms with E-state index in [-0.39, 0.29) is 18.3 Å². The van der Waals surface area contributed by atoms with Crippen LogP contribution in [0.3, 0.4) is 0 Å². The third kappa shape index (κ3) is 6.48. The molecule has 0 aromatic heterocycles. The zero-order chi connectivity index (χ0) is 27.2. The lowest BCUT2D eigenvalue weighted by Gasteiger charge is -2.47. The van der Waals surface area contributed by atoms with Crippen molar-refractivity contribution in [2.24, 2.45) is 0 Å². The Hall–Kier alpha value is -3.96. The molecule has 1 aliphatic heterocycles. The largest absolute Gasteiger partial charge is 0.484 e. The minimum Gasteiger partial charge on any atom is -0.484 e. The number of aliphatic hydroxyl groups is 1. The maximum Gasteiger partial charge on any atom is 0.322 e. The van der Waals surface area contributed by atoms with Crippen molar-refractivity contribution in [2.45, 2.75) is 17.4 Å². The summed E-state index contributed by atoms with van der Waals surface area (Å²) in [4.78, 5) is 36.9. The molecule has 1 saturated heterocycles. The smallest absolute Gasteiger partial charge is 0.322 e. The standard InChI is InChI=1S/C27H24F2N2O6S/c28-18-5-1-16(2-6-18)22(32)15-38-26-25(31(27(26)36)20-9-7-19(29)8-10-20)17-3-11-21(12-4-17)37-14-23(33)30-13-24(34)35/h1-12,22,25-26,32H,13-15H2,(H,30,33)(H,34,35)/t22?,25-,26-/m1/s1. The molecule has 11 heteroatoms. The van der Waals surface area contributed by atoms with Crippen LogP contribution in [-0.4, -0.2) is 52.2 Å². The highest BCUT2D eigenvalue weighted by Crippen LogP contribution is 2.46. The number of nitrogens with zero attached hydrogens (tertiary/aromatic N) is 1. The van der Waals surface area contributed by atoms with Crippen LogP contribution in [0.4, 0.5) is 14.5 Å². The number of carbonyl (C=O) groups excluding carboxylic acids is 2. The number of benzene rings is 3. The van der Waals surface area contributed by atoms with E-state index in [9.17, 15) is 28.3 Å². The summed E-state index contributed by atoms with van der Waals surface area (Å²) in [5.41, 5.74) is 1.81. The fraction of sp³-hybridized carbons (Fsp3) is 0.222. The van der Waals surface area contributed by atoms with Crippen LogP contribution in [0.25, 0.3) is 0 Å². The quantitative estimate of drug-likeness (QED) is 0.318. The van der Waals surface area contributed by atoms with Crippen molar-refractivity contribution < 1.29 is 38.1 Å². The number of halogens is 2. The van der Waals surface area contributed by atoms with Gasteiger partial charge in [-0.2, -0.15) is 0 Å². The lowest BCUT2D eigenvalue weighted by Crippen LogP contribution is -2.57. The third-order valence-corrected chi connectivity index (χ3v) is 7.19. The molecule has 0 saturated carbocycles. The highest BCUT2D eigenvalue weighted by molar-refractivity contribution is 8.00. The average molecular weight is 543 g/mol. The second-order valence-electron chi connectivity index (χ2n) is 8.48. The summed E-state index contributed by atoms with van der Waals surface area (Å²) < 4.78 is 32.1. The SMILES string of the molecule is O=C(O)CNC(=O)COc1ccc([C@@H]2[C@@H](SCC(O)c3ccc(F)cc3)C(=O)N2c2ccc(F)cc2)cc1. The molecule has 8 nitrogen and oxygen atoms in total. The topological polar surface area (TPSA) is 116 Å². The van der Waals surface area contributed by atoms with E-state index in [0.29, 0.717) is 17.0 Å². The number of carboxylic acids is 1. The molecule has 3 aromatic rings. The minimum absolute atomic E-state index is 0.197. The van der Waals surface area contributed by atoms with Crippen molar-refractivity contribution in [3.63, 3.8) is 0 Å². The first kappa shape index (κ1) is 27.1. The van der Waals surface area contributed by atoms with Gasteiger partial charge in [0.25, 0.3) is 5.91 Å². The number of thioether (sulfide) groups is 1. The van der Waals surface area contributed by atoms with Gasteiger partial charge < -0.3 is 25.2 Å². The predicted octanol–water partition coefficient (Wildman–Crippen LogP) is 3.47. The van der Waals surface area contributed by atoms with Crippen LogP contribution < -0.4 is 15.0 Å². The van der Waals surface area contributed by atoms with Gasteiger partial charge in [-0.15, -0.1) is 11.8 Å². The van der Waals surface area contributed by atoms with Gasteiger partial charge in [0.15, 0.2) is 6.61 Å². The Labute approximate surface area is 221 Å². The van der Waals surface area contributed by atoms with Crippen LogP contribution in [0.2, 0.25) is 0 Å². The molecule has 3 aromatic carbocycles. The maximum absolute atomic E-state index is 13.5. The monoisotopic (exact) mass is 542 g/mol. The van der Waals surface area contributed by atoms with Crippen molar-refractivity contribution in [2.75, 3.05) is 23.8 Å². The van der Waals surface area contributed by atoms with E-state index in [2.05, 4.69) is 5.32 Å². The van der Waals surface area contributed by atoms with E-state index in [1.165, 1.54) is 60.3 Å². The van der Waals surface area contributed by atoms with Gasteiger partial charge in [0.2, 0.25) is 5.91 Å². The number of hydrogen-bond donors (Lipinski definition) is 3. The second-order valence-corrected chi connectivity index (χ2v) is 9.65. The first-order chi connectivity index (χ1) is 18.2. The molecule has 38 heavy (non-hydrogen) atoms. The Bertz CT molecular complexity index is 1290. The first-order valence-corrected chi connectivity index (χ1v) is 12.6. The van der Waals surface area contributed by atoms with Crippen molar-refractivity contribution in [3.05, 3.63) is 95.6 Å². The normalized spacial score (nSPS) is 17.4. The zero-order valence-corrected chi connectivity index (χ0v) is 20.7. The van der Waals surface area contributed by atoms with Gasteiger partial charge >= 0.3 is 5.97 Å². The molecule has 0 radical (unpaired) electrons. The minimum atomic E-state index is -1.17. The fourth-order valence-corrected chi connectivity index (χ4v) is 5.25. The predicted molar refractivity (Wildman–Crippen MR) is 137 cm³/mol. The summed E-state index contributed by atoms with van der Waals surface area (Å²) in [6, 6.07) is 17.4. The van der Waals surface area contributed by atoms with Crippen molar-refractivity contribution >= 4 is 35.2 Å². The summed E-state index contributed by atoms with van der Waals surface area (Å²) in [7, 11) is 0. The summed E-state index contributed by atoms with van der Waals surface area (Å²) in [6.07, 6.45) is -0.906. The molecule has 0 spiro atoms. The van der Waals surface area contributed by atoms with Gasteiger partial charge in [-0.1, -0.05) is 24.3 Å². The fourth-order valence-electron chi connectivity index (χ4n) is 3.95. The van der Waals surface area contributed by atoms with Gasteiger partial charge in [0.1, 0.15) is 29.2 Å². The summed E-state index contributed by atoms with van der Waals surface area (Å²) in [5.74, 6) is -2.22. The second kappa shape index (κ2) is 12.1. The lowest BCUT2D eigenvalue weighted by atomic mass is 9.92. The number of carbonyl (C=O) groups is 3. The molecule has 4 rings (SSSR count). The third-order valence-electron chi connectivity index (χ3n) is 5.87. The summed E-state index contributed by atoms with van der Waals surface area (Å²) in [6.45, 7) is -0.874. The molecule has 1 fully saturated rings. The van der Waals surface area contributed by atoms with Gasteiger partial charge in [-0.3, -0.25) is 14.4 Å². The number of rotatable bonds is 11. The van der Waals surface area contributed by atoms with Crippen LogP contribution in [0, 0.1) is 11.6 Å². The van der Waals surface area contributed by atoms with Crippen LogP contribution in [0.1, 0.15) is 23.3 Å². The van der Waals surface area contributed by atoms with Gasteiger partial charge in [0, 0.05) is 11.4 Å². The molecule has 3 atom stereocenters. The first-order valence-electron chi connectivity index (χ1n) is 11.6.